The highest BCUT2D eigenvalue weighted by atomic mass is 19.1. The fraction of sp³-hybridized carbons (Fsp3) is 0.0741. The molecule has 176 valence electrons. The van der Waals surface area contributed by atoms with E-state index in [1.54, 1.807) is 10.6 Å². The molecule has 0 aliphatic heterocycles. The predicted molar refractivity (Wildman–Crippen MR) is 136 cm³/mol. The number of hydrogen-bond donors (Lipinski definition) is 2. The Morgan fingerprint density at radius 2 is 1.89 bits per heavy atom. The highest BCUT2D eigenvalue weighted by Gasteiger charge is 2.20. The van der Waals surface area contributed by atoms with Crippen molar-refractivity contribution in [3.05, 3.63) is 107 Å². The van der Waals surface area contributed by atoms with Crippen molar-refractivity contribution in [2.45, 2.75) is 13.0 Å². The molecule has 5 rings (SSSR count). The summed E-state index contributed by atoms with van der Waals surface area (Å²) in [7, 11) is 0. The molecule has 8 nitrogen and oxygen atoms in total. The Hall–Kier alpha value is -5.10. The lowest BCUT2D eigenvalue weighted by Crippen LogP contribution is -2.26. The minimum absolute atomic E-state index is 0.0241. The number of nitrogens with two attached hydrogens (primary N) is 1. The number of nitrogens with zero attached hydrogens (tertiary/aromatic N) is 5. The van der Waals surface area contributed by atoms with Crippen LogP contribution in [0.4, 0.5) is 16.2 Å². The van der Waals surface area contributed by atoms with Gasteiger partial charge in [0.2, 0.25) is 5.95 Å². The van der Waals surface area contributed by atoms with Crippen molar-refractivity contribution >= 4 is 22.5 Å². The number of nitrogens with one attached hydrogen (secondary N) is 1. The first-order valence-corrected chi connectivity index (χ1v) is 11.1. The Balaban J connectivity index is 1.75. The summed E-state index contributed by atoms with van der Waals surface area (Å²) in [5.41, 5.74) is 8.07. The number of fused-ring (bicyclic) bond motifs is 1. The second-order valence-corrected chi connectivity index (χ2v) is 8.18. The monoisotopic (exact) mass is 477 g/mol. The van der Waals surface area contributed by atoms with E-state index in [9.17, 15) is 14.4 Å². The van der Waals surface area contributed by atoms with Gasteiger partial charge >= 0.3 is 0 Å². The van der Waals surface area contributed by atoms with E-state index >= 15 is 0 Å². The molecule has 0 saturated heterocycles. The largest absolute Gasteiger partial charge is 0.368 e. The number of anilines is 2. The fourth-order valence-electron chi connectivity index (χ4n) is 4.21. The topological polar surface area (TPSA) is 123 Å². The molecule has 2 aromatic carbocycles. The molecular formula is C27H20FN7O. The van der Waals surface area contributed by atoms with Crippen molar-refractivity contribution in [1.29, 1.82) is 5.26 Å². The lowest BCUT2D eigenvalue weighted by molar-refractivity contribution is 0.622. The first kappa shape index (κ1) is 22.7. The number of hydrogen-bond acceptors (Lipinski definition) is 7. The zero-order valence-corrected chi connectivity index (χ0v) is 19.2. The average molecular weight is 478 g/mol. The Bertz CT molecular complexity index is 1690. The van der Waals surface area contributed by atoms with Crippen molar-refractivity contribution in [2.75, 3.05) is 11.1 Å². The number of pyridine rings is 2. The van der Waals surface area contributed by atoms with Gasteiger partial charge in [0.1, 0.15) is 23.3 Å². The van der Waals surface area contributed by atoms with Crippen LogP contribution in [0, 0.1) is 17.1 Å². The molecule has 0 amide bonds. The Morgan fingerprint density at radius 1 is 1.08 bits per heavy atom. The van der Waals surface area contributed by atoms with Crippen LogP contribution in [-0.4, -0.2) is 19.5 Å². The van der Waals surface area contributed by atoms with Crippen LogP contribution in [0.2, 0.25) is 0 Å². The summed E-state index contributed by atoms with van der Waals surface area (Å²) >= 11 is 0. The van der Waals surface area contributed by atoms with Crippen molar-refractivity contribution in [3.8, 4) is 22.9 Å². The smallest absolute Gasteiger partial charge is 0.263 e. The van der Waals surface area contributed by atoms with Crippen LogP contribution in [0.5, 0.6) is 0 Å². The number of aromatic nitrogens is 4. The van der Waals surface area contributed by atoms with Gasteiger partial charge in [0, 0.05) is 23.1 Å². The molecule has 5 aromatic rings. The summed E-state index contributed by atoms with van der Waals surface area (Å²) in [6.45, 7) is 1.86. The van der Waals surface area contributed by atoms with E-state index in [-0.39, 0.29) is 22.9 Å². The van der Waals surface area contributed by atoms with Crippen molar-refractivity contribution in [2.24, 2.45) is 0 Å². The van der Waals surface area contributed by atoms with Crippen LogP contribution in [0.15, 0.2) is 84.0 Å². The number of benzene rings is 2. The Labute approximate surface area is 205 Å². The molecule has 36 heavy (non-hydrogen) atoms. The van der Waals surface area contributed by atoms with Crippen LogP contribution < -0.4 is 16.6 Å². The predicted octanol–water partition coefficient (Wildman–Crippen LogP) is 4.61. The molecule has 0 saturated carbocycles. The quantitative estimate of drug-likeness (QED) is 0.379. The molecule has 3 heterocycles. The summed E-state index contributed by atoms with van der Waals surface area (Å²) in [5.74, 6) is -0.194. The normalized spacial score (nSPS) is 11.7. The molecule has 9 heteroatoms. The average Bonchev–Trinajstić information content (AvgIpc) is 2.89. The summed E-state index contributed by atoms with van der Waals surface area (Å²) in [6, 6.07) is 19.5. The van der Waals surface area contributed by atoms with E-state index in [4.69, 9.17) is 5.73 Å². The second kappa shape index (κ2) is 9.27. The molecule has 0 aliphatic carbocycles. The van der Waals surface area contributed by atoms with Gasteiger partial charge in [-0.3, -0.25) is 14.3 Å². The SMILES string of the molecule is CC(Nc1nc(N)ncc1C#N)c1cc2cccc(-c3cncc(F)c3)c2c(=O)n1-c1ccccc1. The van der Waals surface area contributed by atoms with Gasteiger partial charge in [-0.05, 0) is 42.1 Å². The van der Waals surface area contributed by atoms with Gasteiger partial charge in [0.15, 0.2) is 0 Å². The van der Waals surface area contributed by atoms with E-state index in [1.165, 1.54) is 18.5 Å². The molecule has 0 bridgehead atoms. The lowest BCUT2D eigenvalue weighted by Gasteiger charge is -2.22. The molecule has 0 fully saturated rings. The van der Waals surface area contributed by atoms with Crippen LogP contribution in [0.25, 0.3) is 27.6 Å². The molecule has 0 spiro atoms. The van der Waals surface area contributed by atoms with Gasteiger partial charge in [0.05, 0.1) is 23.8 Å². The minimum Gasteiger partial charge on any atom is -0.368 e. The Kier molecular flexibility index (Phi) is 5.84. The van der Waals surface area contributed by atoms with Crippen molar-refractivity contribution in [1.82, 2.24) is 19.5 Å². The first-order chi connectivity index (χ1) is 17.5. The highest BCUT2D eigenvalue weighted by Crippen LogP contribution is 2.30. The molecule has 1 atom stereocenters. The zero-order chi connectivity index (χ0) is 25.2. The summed E-state index contributed by atoms with van der Waals surface area (Å²) in [6.07, 6.45) is 4.00. The van der Waals surface area contributed by atoms with Crippen LogP contribution in [0.3, 0.4) is 0 Å². The lowest BCUT2D eigenvalue weighted by atomic mass is 9.98. The maximum absolute atomic E-state index is 14.1. The number of nitrogen functional groups attached to an aromatic ring is 1. The van der Waals surface area contributed by atoms with E-state index in [0.717, 1.165) is 6.20 Å². The molecular weight excluding hydrogens is 457 g/mol. The van der Waals surface area contributed by atoms with Crippen molar-refractivity contribution < 1.29 is 4.39 Å². The van der Waals surface area contributed by atoms with E-state index in [1.807, 2.05) is 61.5 Å². The minimum atomic E-state index is -0.486. The van der Waals surface area contributed by atoms with Crippen LogP contribution in [-0.2, 0) is 0 Å². The highest BCUT2D eigenvalue weighted by molar-refractivity contribution is 5.96. The number of halogens is 1. The molecule has 0 aliphatic rings. The summed E-state index contributed by atoms with van der Waals surface area (Å²) < 4.78 is 15.6. The molecule has 1 unspecified atom stereocenters. The van der Waals surface area contributed by atoms with E-state index in [0.29, 0.717) is 33.3 Å². The first-order valence-electron chi connectivity index (χ1n) is 11.1. The third-order valence-corrected chi connectivity index (χ3v) is 5.83. The third kappa shape index (κ3) is 4.12. The Morgan fingerprint density at radius 3 is 2.64 bits per heavy atom. The zero-order valence-electron chi connectivity index (χ0n) is 19.2. The van der Waals surface area contributed by atoms with Gasteiger partial charge in [-0.25, -0.2) is 9.37 Å². The summed E-state index contributed by atoms with van der Waals surface area (Å²) in [4.78, 5) is 26.1. The number of rotatable bonds is 5. The second-order valence-electron chi connectivity index (χ2n) is 8.18. The molecule has 0 radical (unpaired) electrons. The van der Waals surface area contributed by atoms with Gasteiger partial charge in [-0.15, -0.1) is 0 Å². The number of nitriles is 1. The standard InChI is InChI=1S/C27H20FN7O/c1-16(33-25-19(12-29)14-32-27(30)34-25)23-11-17-6-5-9-22(18-10-20(28)15-31-13-18)24(17)26(36)35(23)21-7-3-2-4-8-21/h2-11,13-16H,1H3,(H3,30,32,33,34). The molecule has 3 N–H and O–H groups in total. The van der Waals surface area contributed by atoms with E-state index < -0.39 is 11.9 Å². The maximum Gasteiger partial charge on any atom is 0.263 e. The number of para-hydroxylation sites is 1. The fourth-order valence-corrected chi connectivity index (χ4v) is 4.21. The van der Waals surface area contributed by atoms with Crippen LogP contribution >= 0.6 is 0 Å². The van der Waals surface area contributed by atoms with Gasteiger partial charge < -0.3 is 11.1 Å². The summed E-state index contributed by atoms with van der Waals surface area (Å²) in [5, 5.41) is 13.8. The van der Waals surface area contributed by atoms with Gasteiger partial charge in [-0.1, -0.05) is 36.4 Å². The van der Waals surface area contributed by atoms with Crippen LogP contribution in [0.1, 0.15) is 24.2 Å². The maximum atomic E-state index is 14.1. The van der Waals surface area contributed by atoms with E-state index in [2.05, 4.69) is 20.3 Å². The van der Waals surface area contributed by atoms with Gasteiger partial charge in [-0.2, -0.15) is 10.2 Å². The third-order valence-electron chi connectivity index (χ3n) is 5.83. The van der Waals surface area contributed by atoms with Gasteiger partial charge in [0.25, 0.3) is 5.56 Å². The molecule has 3 aromatic heterocycles. The van der Waals surface area contributed by atoms with Crippen molar-refractivity contribution in [3.63, 3.8) is 0 Å².